The molecule has 0 fully saturated rings. The highest BCUT2D eigenvalue weighted by atomic mass is 32.2. The van der Waals surface area contributed by atoms with E-state index in [1.807, 2.05) is 32.9 Å². The summed E-state index contributed by atoms with van der Waals surface area (Å²) in [6.07, 6.45) is 6.25. The van der Waals surface area contributed by atoms with Crippen LogP contribution in [0.2, 0.25) is 0 Å². The van der Waals surface area contributed by atoms with Gasteiger partial charge in [-0.3, -0.25) is 14.2 Å². The van der Waals surface area contributed by atoms with Crippen molar-refractivity contribution in [3.05, 3.63) is 50.1 Å². The van der Waals surface area contributed by atoms with Crippen LogP contribution in [0.4, 0.5) is 0 Å². The van der Waals surface area contributed by atoms with Crippen molar-refractivity contribution >= 4 is 39.2 Å². The molecule has 1 aliphatic carbocycles. The number of hydrogen-bond donors (Lipinski definition) is 1. The summed E-state index contributed by atoms with van der Waals surface area (Å²) in [5.74, 6) is 0.213. The molecule has 2 heterocycles. The van der Waals surface area contributed by atoms with Gasteiger partial charge in [-0.2, -0.15) is 0 Å². The van der Waals surface area contributed by atoms with E-state index in [-0.39, 0.29) is 23.3 Å². The predicted octanol–water partition coefficient (Wildman–Crippen LogP) is 5.34. The Hall–Kier alpha value is -2.12. The molecular weight excluding hydrogens is 438 g/mol. The molecule has 170 valence electrons. The Balaban J connectivity index is 1.79. The first-order valence-corrected chi connectivity index (χ1v) is 13.3. The molecule has 0 bridgehead atoms. The molecule has 0 saturated heterocycles. The van der Waals surface area contributed by atoms with E-state index in [1.54, 1.807) is 15.9 Å². The van der Waals surface area contributed by atoms with Gasteiger partial charge in [-0.1, -0.05) is 37.2 Å². The lowest BCUT2D eigenvalue weighted by Gasteiger charge is -2.16. The second-order valence-corrected chi connectivity index (χ2v) is 10.8. The molecule has 0 spiro atoms. The molecule has 32 heavy (non-hydrogen) atoms. The smallest absolute Gasteiger partial charge is 0.267 e. The van der Waals surface area contributed by atoms with Gasteiger partial charge in [0.15, 0.2) is 5.16 Å². The third-order valence-corrected chi connectivity index (χ3v) is 8.15. The number of nitrogens with one attached hydrogen (secondary N) is 1. The summed E-state index contributed by atoms with van der Waals surface area (Å²) in [6.45, 7) is 8.18. The number of amides is 1. The van der Waals surface area contributed by atoms with E-state index in [0.29, 0.717) is 5.16 Å². The number of aromatic nitrogens is 2. The zero-order chi connectivity index (χ0) is 22.8. The second-order valence-electron chi connectivity index (χ2n) is 8.76. The summed E-state index contributed by atoms with van der Waals surface area (Å²) < 4.78 is 1.74. The van der Waals surface area contributed by atoms with Crippen molar-refractivity contribution in [2.75, 3.05) is 5.75 Å². The van der Waals surface area contributed by atoms with Crippen LogP contribution in [0, 0.1) is 13.8 Å². The van der Waals surface area contributed by atoms with Crippen molar-refractivity contribution in [3.8, 4) is 5.69 Å². The number of benzene rings is 1. The number of thioether (sulfide) groups is 1. The van der Waals surface area contributed by atoms with Gasteiger partial charge in [0.05, 0.1) is 16.8 Å². The van der Waals surface area contributed by atoms with Gasteiger partial charge in [0.2, 0.25) is 5.91 Å². The highest BCUT2D eigenvalue weighted by Gasteiger charge is 2.24. The van der Waals surface area contributed by atoms with Crippen molar-refractivity contribution in [2.24, 2.45) is 0 Å². The molecule has 1 aromatic carbocycles. The molecule has 0 radical (unpaired) electrons. The van der Waals surface area contributed by atoms with E-state index in [9.17, 15) is 9.59 Å². The van der Waals surface area contributed by atoms with Gasteiger partial charge in [0, 0.05) is 10.9 Å². The van der Waals surface area contributed by atoms with Gasteiger partial charge >= 0.3 is 0 Å². The van der Waals surface area contributed by atoms with Crippen LogP contribution in [0.5, 0.6) is 0 Å². The number of carbonyl (C=O) groups excluding carboxylic acids is 1. The molecule has 1 aliphatic rings. The topological polar surface area (TPSA) is 64.0 Å². The maximum atomic E-state index is 13.9. The zero-order valence-corrected chi connectivity index (χ0v) is 20.9. The van der Waals surface area contributed by atoms with E-state index < -0.39 is 0 Å². The highest BCUT2D eigenvalue weighted by molar-refractivity contribution is 7.99. The quantitative estimate of drug-likeness (QED) is 0.375. The third-order valence-electron chi connectivity index (χ3n) is 6.03. The third kappa shape index (κ3) is 4.64. The molecule has 5 nitrogen and oxygen atoms in total. The lowest BCUT2D eigenvalue weighted by molar-refractivity contribution is -0.119. The van der Waals surface area contributed by atoms with Crippen LogP contribution < -0.4 is 10.9 Å². The molecule has 1 unspecified atom stereocenters. The summed E-state index contributed by atoms with van der Waals surface area (Å²) in [4.78, 5) is 33.5. The summed E-state index contributed by atoms with van der Waals surface area (Å²) in [6, 6.07) is 6.28. The molecule has 4 rings (SSSR count). The Morgan fingerprint density at radius 1 is 1.28 bits per heavy atom. The highest BCUT2D eigenvalue weighted by Crippen LogP contribution is 2.35. The molecule has 7 heteroatoms. The van der Waals surface area contributed by atoms with Gasteiger partial charge in [-0.15, -0.1) is 11.3 Å². The molecule has 0 saturated carbocycles. The number of aryl methyl sites for hydroxylation is 4. The van der Waals surface area contributed by atoms with Crippen molar-refractivity contribution in [1.82, 2.24) is 14.9 Å². The number of carbonyl (C=O) groups is 1. The normalized spacial score (nSPS) is 14.4. The lowest BCUT2D eigenvalue weighted by Crippen LogP contribution is -2.34. The minimum atomic E-state index is -0.0247. The SMILES string of the molecule is CCCC(C)NC(=O)CSc1nc2sc3c(c2c(=O)n1-c1cc(C)ccc1C)CCCC3. The Labute approximate surface area is 197 Å². The fraction of sp³-hybridized carbons (Fsp3) is 0.480. The summed E-state index contributed by atoms with van der Waals surface area (Å²) in [5.41, 5.74) is 4.14. The first-order valence-electron chi connectivity index (χ1n) is 11.5. The van der Waals surface area contributed by atoms with Crippen LogP contribution in [0.1, 0.15) is 61.1 Å². The zero-order valence-electron chi connectivity index (χ0n) is 19.3. The average molecular weight is 470 g/mol. The minimum Gasteiger partial charge on any atom is -0.353 e. The number of rotatable bonds is 7. The fourth-order valence-electron chi connectivity index (χ4n) is 4.41. The maximum Gasteiger partial charge on any atom is 0.267 e. The monoisotopic (exact) mass is 469 g/mol. The largest absolute Gasteiger partial charge is 0.353 e. The summed E-state index contributed by atoms with van der Waals surface area (Å²) in [5, 5.41) is 4.41. The molecule has 1 atom stereocenters. The van der Waals surface area contributed by atoms with Gasteiger partial charge < -0.3 is 5.32 Å². The Bertz CT molecular complexity index is 1210. The Morgan fingerprint density at radius 2 is 2.06 bits per heavy atom. The van der Waals surface area contributed by atoms with Gasteiger partial charge in [0.1, 0.15) is 4.83 Å². The van der Waals surface area contributed by atoms with Gasteiger partial charge in [-0.05, 0) is 75.6 Å². The molecule has 1 N–H and O–H groups in total. The lowest BCUT2D eigenvalue weighted by atomic mass is 9.97. The van der Waals surface area contributed by atoms with Crippen LogP contribution in [0.15, 0.2) is 28.2 Å². The van der Waals surface area contributed by atoms with Crippen LogP contribution in [0.25, 0.3) is 15.9 Å². The summed E-state index contributed by atoms with van der Waals surface area (Å²) >= 11 is 3.00. The molecule has 3 aromatic rings. The van der Waals surface area contributed by atoms with Crippen LogP contribution in [-0.4, -0.2) is 27.3 Å². The van der Waals surface area contributed by atoms with E-state index in [0.717, 1.165) is 59.1 Å². The van der Waals surface area contributed by atoms with Crippen LogP contribution in [-0.2, 0) is 17.6 Å². The molecule has 0 aliphatic heterocycles. The number of hydrogen-bond acceptors (Lipinski definition) is 5. The number of fused-ring (bicyclic) bond motifs is 3. The van der Waals surface area contributed by atoms with Gasteiger partial charge in [0.25, 0.3) is 5.56 Å². The van der Waals surface area contributed by atoms with Crippen LogP contribution in [0.3, 0.4) is 0 Å². The van der Waals surface area contributed by atoms with Crippen molar-refractivity contribution < 1.29 is 4.79 Å². The first kappa shape index (κ1) is 23.1. The van der Waals surface area contributed by atoms with E-state index in [2.05, 4.69) is 18.3 Å². The van der Waals surface area contributed by atoms with Crippen molar-refractivity contribution in [1.29, 1.82) is 0 Å². The van der Waals surface area contributed by atoms with Crippen molar-refractivity contribution in [3.63, 3.8) is 0 Å². The molecule has 2 aromatic heterocycles. The van der Waals surface area contributed by atoms with E-state index in [1.165, 1.54) is 28.6 Å². The van der Waals surface area contributed by atoms with E-state index >= 15 is 0 Å². The molecular formula is C25H31N3O2S2. The summed E-state index contributed by atoms with van der Waals surface area (Å²) in [7, 11) is 0. The Kier molecular flexibility index (Phi) is 7.05. The maximum absolute atomic E-state index is 13.9. The number of thiophene rings is 1. The minimum absolute atomic E-state index is 0.00893. The first-order chi connectivity index (χ1) is 15.4. The standard InChI is InChI=1S/C25H31N3O2S2/c1-5-8-17(4)26-21(29)14-31-25-27-23-22(18-9-6-7-10-20(18)32-23)24(30)28(25)19-13-15(2)11-12-16(19)3/h11-13,17H,5-10,14H2,1-4H3,(H,26,29). The average Bonchev–Trinajstić information content (AvgIpc) is 3.13. The Morgan fingerprint density at radius 3 is 2.84 bits per heavy atom. The van der Waals surface area contributed by atoms with E-state index in [4.69, 9.17) is 4.98 Å². The van der Waals surface area contributed by atoms with Crippen molar-refractivity contribution in [2.45, 2.75) is 77.4 Å². The predicted molar refractivity (Wildman–Crippen MR) is 135 cm³/mol. The van der Waals surface area contributed by atoms with Gasteiger partial charge in [-0.25, -0.2) is 4.98 Å². The number of nitrogens with zero attached hydrogens (tertiary/aromatic N) is 2. The fourth-order valence-corrected chi connectivity index (χ4v) is 6.53. The van der Waals surface area contributed by atoms with Crippen LogP contribution >= 0.6 is 23.1 Å². The molecule has 1 amide bonds. The second kappa shape index (κ2) is 9.79.